The first-order chi connectivity index (χ1) is 14.8. The zero-order valence-electron chi connectivity index (χ0n) is 16.9. The fraction of sp³-hybridized carbons (Fsp3) is 0.192. The minimum atomic E-state index is 0.800. The number of hydrogen-bond donors (Lipinski definition) is 1. The van der Waals surface area contributed by atoms with Gasteiger partial charge in [-0.3, -0.25) is 5.01 Å². The molecule has 0 aromatic heterocycles. The molecule has 1 aliphatic rings. The summed E-state index contributed by atoms with van der Waals surface area (Å²) < 4.78 is 0. The first-order valence-corrected chi connectivity index (χ1v) is 10.9. The molecule has 0 unspecified atom stereocenters. The van der Waals surface area contributed by atoms with E-state index in [1.807, 2.05) is 12.1 Å². The smallest absolute Gasteiger partial charge is 0.103 e. The molecule has 1 aliphatic heterocycles. The minimum absolute atomic E-state index is 0.800. The normalized spacial score (nSPS) is 15.4. The average Bonchev–Trinajstić information content (AvgIpc) is 2.79. The van der Waals surface area contributed by atoms with Crippen molar-refractivity contribution >= 4 is 39.4 Å². The molecule has 0 radical (unpaired) electrons. The van der Waals surface area contributed by atoms with Crippen molar-refractivity contribution in [2.75, 3.05) is 26.2 Å². The molecule has 1 heterocycles. The molecule has 0 saturated carbocycles. The van der Waals surface area contributed by atoms with Crippen molar-refractivity contribution in [1.29, 1.82) is 0 Å². The van der Waals surface area contributed by atoms with Crippen LogP contribution in [0.1, 0.15) is 11.1 Å². The second kappa shape index (κ2) is 8.47. The Bertz CT molecular complexity index is 1140. The van der Waals surface area contributed by atoms with Gasteiger partial charge in [-0.1, -0.05) is 72.3 Å². The number of hydrogen-bond acceptors (Lipinski definition) is 2. The van der Waals surface area contributed by atoms with Crippen LogP contribution in [0.2, 0.25) is 5.02 Å². The van der Waals surface area contributed by atoms with Crippen LogP contribution in [0.4, 0.5) is 0 Å². The Kier molecular flexibility index (Phi) is 5.39. The van der Waals surface area contributed by atoms with Gasteiger partial charge in [0, 0.05) is 16.1 Å². The third-order valence-corrected chi connectivity index (χ3v) is 6.23. The molecular formula is C26H25ClN3+. The molecular weight excluding hydrogens is 390 g/mol. The third-order valence-electron chi connectivity index (χ3n) is 5.98. The maximum absolute atomic E-state index is 6.00. The average molecular weight is 415 g/mol. The standard InChI is InChI=1S/C26H24ClN3/c27-23-11-9-20(10-12-23)19-29-13-15-30(16-14-29)28-18-26-24-7-3-1-5-21(24)17-22-6-2-4-8-25(22)26/h1-12,17-18H,13-16,19H2/p+1/b28-18-. The molecule has 1 saturated heterocycles. The van der Waals surface area contributed by atoms with Crippen molar-refractivity contribution in [3.05, 3.63) is 95.0 Å². The van der Waals surface area contributed by atoms with Crippen LogP contribution in [0.5, 0.6) is 0 Å². The van der Waals surface area contributed by atoms with Gasteiger partial charge in [0.2, 0.25) is 0 Å². The molecule has 0 aliphatic carbocycles. The first kappa shape index (κ1) is 19.1. The Balaban J connectivity index is 1.32. The number of nitrogens with one attached hydrogen (secondary N) is 1. The van der Waals surface area contributed by atoms with E-state index in [9.17, 15) is 0 Å². The topological polar surface area (TPSA) is 20.0 Å². The number of benzene rings is 4. The molecule has 4 aromatic carbocycles. The lowest BCUT2D eigenvalue weighted by atomic mass is 9.97. The fourth-order valence-electron chi connectivity index (χ4n) is 4.32. The molecule has 5 rings (SSSR count). The summed E-state index contributed by atoms with van der Waals surface area (Å²) in [6.45, 7) is 5.18. The Hall–Kier alpha value is -2.88. The molecule has 0 bridgehead atoms. The molecule has 1 fully saturated rings. The Morgan fingerprint density at radius 3 is 2.07 bits per heavy atom. The van der Waals surface area contributed by atoms with Crippen molar-refractivity contribution in [1.82, 2.24) is 5.01 Å². The highest BCUT2D eigenvalue weighted by atomic mass is 35.5. The predicted molar refractivity (Wildman–Crippen MR) is 126 cm³/mol. The van der Waals surface area contributed by atoms with Gasteiger partial charge in [-0.2, -0.15) is 5.10 Å². The highest BCUT2D eigenvalue weighted by Crippen LogP contribution is 2.27. The summed E-state index contributed by atoms with van der Waals surface area (Å²) in [6, 6.07) is 27.6. The van der Waals surface area contributed by atoms with E-state index in [1.54, 1.807) is 4.90 Å². The van der Waals surface area contributed by atoms with E-state index in [-0.39, 0.29) is 0 Å². The number of fused-ring (bicyclic) bond motifs is 2. The minimum Gasteiger partial charge on any atom is -0.328 e. The zero-order chi connectivity index (χ0) is 20.3. The number of nitrogens with zero attached hydrogens (tertiary/aromatic N) is 2. The van der Waals surface area contributed by atoms with Crippen LogP contribution < -0.4 is 4.90 Å². The van der Waals surface area contributed by atoms with Gasteiger partial charge in [0.15, 0.2) is 0 Å². The maximum atomic E-state index is 6.00. The van der Waals surface area contributed by atoms with E-state index in [0.717, 1.165) is 37.7 Å². The summed E-state index contributed by atoms with van der Waals surface area (Å²) in [5.41, 5.74) is 2.55. The van der Waals surface area contributed by atoms with Gasteiger partial charge in [-0.05, 0) is 39.7 Å². The van der Waals surface area contributed by atoms with E-state index in [4.69, 9.17) is 16.7 Å². The second-order valence-corrected chi connectivity index (χ2v) is 8.42. The Morgan fingerprint density at radius 1 is 0.833 bits per heavy atom. The van der Waals surface area contributed by atoms with Crippen LogP contribution in [0.25, 0.3) is 21.5 Å². The van der Waals surface area contributed by atoms with Crippen LogP contribution in [0.3, 0.4) is 0 Å². The second-order valence-electron chi connectivity index (χ2n) is 7.98. The Morgan fingerprint density at radius 2 is 1.43 bits per heavy atom. The van der Waals surface area contributed by atoms with E-state index in [1.165, 1.54) is 32.7 Å². The first-order valence-electron chi connectivity index (χ1n) is 10.5. The Labute approximate surface area is 182 Å². The van der Waals surface area contributed by atoms with Gasteiger partial charge in [-0.15, -0.1) is 0 Å². The number of piperazine rings is 1. The lowest BCUT2D eigenvalue weighted by Crippen LogP contribution is -3.13. The van der Waals surface area contributed by atoms with Gasteiger partial charge in [0.05, 0.1) is 32.4 Å². The summed E-state index contributed by atoms with van der Waals surface area (Å²) in [5.74, 6) is 0. The van der Waals surface area contributed by atoms with Crippen LogP contribution in [0, 0.1) is 0 Å². The van der Waals surface area contributed by atoms with Crippen molar-refractivity contribution in [2.45, 2.75) is 6.54 Å². The molecule has 0 amide bonds. The molecule has 3 nitrogen and oxygen atoms in total. The van der Waals surface area contributed by atoms with Gasteiger partial charge in [-0.25, -0.2) is 0 Å². The lowest BCUT2D eigenvalue weighted by molar-refractivity contribution is -0.918. The van der Waals surface area contributed by atoms with Crippen molar-refractivity contribution in [3.8, 4) is 0 Å². The number of quaternary nitrogens is 1. The lowest BCUT2D eigenvalue weighted by Gasteiger charge is -2.30. The summed E-state index contributed by atoms with van der Waals surface area (Å²) in [5, 5.41) is 12.9. The largest absolute Gasteiger partial charge is 0.328 e. The van der Waals surface area contributed by atoms with Crippen molar-refractivity contribution in [2.24, 2.45) is 5.10 Å². The number of halogens is 1. The summed E-state index contributed by atoms with van der Waals surface area (Å²) >= 11 is 6.00. The zero-order valence-corrected chi connectivity index (χ0v) is 17.6. The molecule has 150 valence electrons. The summed E-state index contributed by atoms with van der Waals surface area (Å²) in [6.07, 6.45) is 2.06. The van der Waals surface area contributed by atoms with Gasteiger partial charge < -0.3 is 4.90 Å². The van der Waals surface area contributed by atoms with E-state index >= 15 is 0 Å². The molecule has 1 N–H and O–H groups in total. The predicted octanol–water partition coefficient (Wildman–Crippen LogP) is 4.38. The fourth-order valence-corrected chi connectivity index (χ4v) is 4.45. The van der Waals surface area contributed by atoms with Crippen LogP contribution in [-0.4, -0.2) is 37.4 Å². The van der Waals surface area contributed by atoms with E-state index < -0.39 is 0 Å². The maximum Gasteiger partial charge on any atom is 0.103 e. The molecule has 4 heteroatoms. The van der Waals surface area contributed by atoms with Gasteiger partial charge in [0.25, 0.3) is 0 Å². The molecule has 30 heavy (non-hydrogen) atoms. The summed E-state index contributed by atoms with van der Waals surface area (Å²) in [4.78, 5) is 1.60. The highest BCUT2D eigenvalue weighted by molar-refractivity contribution is 6.30. The molecule has 0 atom stereocenters. The monoisotopic (exact) mass is 414 g/mol. The summed E-state index contributed by atoms with van der Waals surface area (Å²) in [7, 11) is 0. The van der Waals surface area contributed by atoms with Gasteiger partial charge in [0.1, 0.15) is 6.54 Å². The molecule has 4 aromatic rings. The van der Waals surface area contributed by atoms with Crippen LogP contribution in [0.15, 0.2) is 84.0 Å². The van der Waals surface area contributed by atoms with Crippen LogP contribution in [-0.2, 0) is 6.54 Å². The number of rotatable bonds is 4. The van der Waals surface area contributed by atoms with Gasteiger partial charge >= 0.3 is 0 Å². The van der Waals surface area contributed by atoms with E-state index in [0.29, 0.717) is 0 Å². The quantitative estimate of drug-likeness (QED) is 0.388. The van der Waals surface area contributed by atoms with Crippen LogP contribution >= 0.6 is 11.6 Å². The van der Waals surface area contributed by atoms with E-state index in [2.05, 4.69) is 78.0 Å². The third kappa shape index (κ3) is 4.04. The SMILES string of the molecule is Clc1ccc(C[NH+]2CCN(/N=C\c3c4ccccc4cc4ccccc34)CC2)cc1. The van der Waals surface area contributed by atoms with Crippen molar-refractivity contribution < 1.29 is 4.90 Å². The number of hydrazone groups is 1. The molecule has 0 spiro atoms. The van der Waals surface area contributed by atoms with Crippen molar-refractivity contribution in [3.63, 3.8) is 0 Å². The highest BCUT2D eigenvalue weighted by Gasteiger charge is 2.19.